The minimum atomic E-state index is -0.400. The van der Waals surface area contributed by atoms with E-state index in [-0.39, 0.29) is 30.5 Å². The van der Waals surface area contributed by atoms with Crippen LogP contribution in [-0.4, -0.2) is 58.4 Å². The van der Waals surface area contributed by atoms with Gasteiger partial charge in [0.15, 0.2) is 17.1 Å². The molecule has 0 saturated carbocycles. The maximum atomic E-state index is 12.9. The minimum absolute atomic E-state index is 0.0239. The first-order valence-electron chi connectivity index (χ1n) is 11.4. The molecule has 0 radical (unpaired) electrons. The molecule has 1 aliphatic rings. The summed E-state index contributed by atoms with van der Waals surface area (Å²) >= 11 is 7.69. The Bertz CT molecular complexity index is 1370. The number of thioether (sulfide) groups is 2. The van der Waals surface area contributed by atoms with Crippen LogP contribution in [0.4, 0.5) is 0 Å². The van der Waals surface area contributed by atoms with Crippen LogP contribution in [0.5, 0.6) is 11.5 Å². The van der Waals surface area contributed by atoms with Crippen LogP contribution >= 0.6 is 35.7 Å². The van der Waals surface area contributed by atoms with Crippen LogP contribution in [0.1, 0.15) is 18.4 Å². The third kappa shape index (κ3) is 6.85. The van der Waals surface area contributed by atoms with Gasteiger partial charge in [0.05, 0.1) is 24.9 Å². The molecule has 38 heavy (non-hydrogen) atoms. The van der Waals surface area contributed by atoms with Crippen molar-refractivity contribution in [1.82, 2.24) is 20.7 Å². The monoisotopic (exact) mass is 572 g/mol. The van der Waals surface area contributed by atoms with Gasteiger partial charge in [0.2, 0.25) is 11.8 Å². The van der Waals surface area contributed by atoms with Crippen molar-refractivity contribution in [1.29, 1.82) is 0 Å². The fraction of sp³-hybridized carbons (Fsp3) is 0.240. The molecule has 0 atom stereocenters. The van der Waals surface area contributed by atoms with Gasteiger partial charge in [-0.1, -0.05) is 53.9 Å². The zero-order valence-electron chi connectivity index (χ0n) is 20.5. The van der Waals surface area contributed by atoms with Crippen LogP contribution in [-0.2, 0) is 14.4 Å². The maximum Gasteiger partial charge on any atom is 0.266 e. The van der Waals surface area contributed by atoms with Gasteiger partial charge in [0.25, 0.3) is 11.1 Å². The zero-order valence-corrected chi connectivity index (χ0v) is 23.0. The van der Waals surface area contributed by atoms with Crippen molar-refractivity contribution in [3.05, 3.63) is 52.9 Å². The number of carbonyl (C=O) groups excluding carboxylic acids is 3. The number of aromatic nitrogens is 1. The van der Waals surface area contributed by atoms with Crippen LogP contribution in [0, 0.1) is 0 Å². The van der Waals surface area contributed by atoms with Gasteiger partial charge in [-0.25, -0.2) is 4.98 Å². The molecule has 198 valence electrons. The highest BCUT2D eigenvalue weighted by atomic mass is 32.2. The van der Waals surface area contributed by atoms with Crippen LogP contribution in [0.3, 0.4) is 0 Å². The highest BCUT2D eigenvalue weighted by Gasteiger charge is 2.31. The van der Waals surface area contributed by atoms with Gasteiger partial charge in [0, 0.05) is 13.0 Å². The van der Waals surface area contributed by atoms with E-state index >= 15 is 0 Å². The van der Waals surface area contributed by atoms with Crippen LogP contribution in [0.2, 0.25) is 0 Å². The van der Waals surface area contributed by atoms with E-state index in [0.29, 0.717) is 43.5 Å². The van der Waals surface area contributed by atoms with E-state index in [1.54, 1.807) is 38.5 Å². The van der Waals surface area contributed by atoms with Gasteiger partial charge in [-0.15, -0.1) is 0 Å². The summed E-state index contributed by atoms with van der Waals surface area (Å²) < 4.78 is 16.5. The fourth-order valence-corrected chi connectivity index (χ4v) is 5.41. The first-order valence-corrected chi connectivity index (χ1v) is 13.6. The standard InChI is InChI=1S/C25H24N4O6S3/c1-33-18-10-9-15(12-19(18)34-2)13-20-23(32)29(25(36)38-20)11-5-8-21(30)27-28-22(31)14-37-24-26-16-6-3-4-7-17(16)35-24/h3-4,6-7,9-10,12-13H,5,8,11,14H2,1-2H3,(H,27,30)(H,28,31). The second kappa shape index (κ2) is 12.8. The Balaban J connectivity index is 1.19. The number of ether oxygens (including phenoxy) is 2. The lowest BCUT2D eigenvalue weighted by Crippen LogP contribution is -2.42. The van der Waals surface area contributed by atoms with E-state index in [2.05, 4.69) is 15.8 Å². The third-order valence-electron chi connectivity index (χ3n) is 5.31. The number of rotatable bonds is 10. The predicted molar refractivity (Wildman–Crippen MR) is 150 cm³/mol. The molecule has 10 nitrogen and oxygen atoms in total. The number of hydrogen-bond donors (Lipinski definition) is 2. The Kier molecular flexibility index (Phi) is 9.26. The van der Waals surface area contributed by atoms with Crippen molar-refractivity contribution in [3.8, 4) is 11.5 Å². The van der Waals surface area contributed by atoms with Gasteiger partial charge in [-0.05, 0) is 42.3 Å². The molecule has 1 fully saturated rings. The summed E-state index contributed by atoms with van der Waals surface area (Å²) in [5.74, 6) is 0.170. The number of benzene rings is 2. The molecule has 2 N–H and O–H groups in total. The lowest BCUT2D eigenvalue weighted by Gasteiger charge is -2.14. The first kappa shape index (κ1) is 27.5. The molecule has 13 heteroatoms. The van der Waals surface area contributed by atoms with Crippen LogP contribution in [0.15, 0.2) is 57.0 Å². The summed E-state index contributed by atoms with van der Waals surface area (Å²) in [7, 11) is 3.10. The summed E-state index contributed by atoms with van der Waals surface area (Å²) in [6, 6.07) is 12.7. The Hall–Kier alpha value is -3.55. The minimum Gasteiger partial charge on any atom is -0.493 e. The molecule has 3 amide bonds. The van der Waals surface area contributed by atoms with Crippen LogP contribution < -0.4 is 20.3 Å². The number of para-hydroxylation sites is 2. The normalized spacial score (nSPS) is 14.3. The first-order chi connectivity index (χ1) is 18.4. The summed E-state index contributed by atoms with van der Waals surface area (Å²) in [4.78, 5) is 43.3. The number of hydrogen-bond acceptors (Lipinski definition) is 10. The summed E-state index contributed by atoms with van der Waals surface area (Å²) in [5.41, 5.74) is 6.86. The SMILES string of the molecule is COc1ccc(C=C2SC(=S)N(CCCC(=O)NNC(=O)CSc3nc4ccccc4o3)C2=O)cc1OC. The van der Waals surface area contributed by atoms with Crippen molar-refractivity contribution < 1.29 is 28.3 Å². The molecule has 0 spiro atoms. The highest BCUT2D eigenvalue weighted by Crippen LogP contribution is 2.34. The molecule has 0 unspecified atom stereocenters. The lowest BCUT2D eigenvalue weighted by molar-refractivity contribution is -0.128. The van der Waals surface area contributed by atoms with Crippen molar-refractivity contribution in [3.63, 3.8) is 0 Å². The Morgan fingerprint density at radius 2 is 1.89 bits per heavy atom. The molecule has 4 rings (SSSR count). The van der Waals surface area contributed by atoms with Crippen molar-refractivity contribution in [2.45, 2.75) is 18.1 Å². The molecule has 2 heterocycles. The van der Waals surface area contributed by atoms with E-state index in [4.69, 9.17) is 26.1 Å². The molecule has 1 saturated heterocycles. The van der Waals surface area contributed by atoms with Gasteiger partial charge in [-0.2, -0.15) is 0 Å². The number of fused-ring (bicyclic) bond motifs is 1. The van der Waals surface area contributed by atoms with Crippen molar-refractivity contribution in [2.24, 2.45) is 0 Å². The van der Waals surface area contributed by atoms with E-state index in [1.807, 2.05) is 24.3 Å². The second-order valence-electron chi connectivity index (χ2n) is 7.88. The quantitative estimate of drug-likeness (QED) is 0.161. The molecule has 1 aromatic heterocycles. The number of carbonyl (C=O) groups is 3. The second-order valence-corrected chi connectivity index (χ2v) is 10.5. The topological polar surface area (TPSA) is 123 Å². The predicted octanol–water partition coefficient (Wildman–Crippen LogP) is 3.77. The van der Waals surface area contributed by atoms with Gasteiger partial charge >= 0.3 is 0 Å². The Labute approximate surface area is 232 Å². The number of nitrogens with zero attached hydrogens (tertiary/aromatic N) is 2. The fourth-order valence-electron chi connectivity index (χ4n) is 3.46. The largest absolute Gasteiger partial charge is 0.493 e. The third-order valence-corrected chi connectivity index (χ3v) is 7.51. The van der Waals surface area contributed by atoms with Gasteiger partial charge in [0.1, 0.15) is 9.84 Å². The maximum absolute atomic E-state index is 12.9. The van der Waals surface area contributed by atoms with Gasteiger partial charge < -0.3 is 13.9 Å². The molecule has 3 aromatic rings. The summed E-state index contributed by atoms with van der Waals surface area (Å²) in [6.45, 7) is 0.281. The number of methoxy groups -OCH3 is 2. The molecule has 0 aliphatic carbocycles. The number of oxazole rings is 1. The van der Waals surface area contributed by atoms with Crippen molar-refractivity contribution in [2.75, 3.05) is 26.5 Å². The van der Waals surface area contributed by atoms with Gasteiger partial charge in [-0.3, -0.25) is 30.1 Å². The molecular formula is C25H24N4O6S3. The summed E-state index contributed by atoms with van der Waals surface area (Å²) in [5, 5.41) is 0.372. The zero-order chi connectivity index (χ0) is 27.1. The number of thiocarbonyl (C=S) groups is 1. The molecule has 0 bridgehead atoms. The molecular weight excluding hydrogens is 548 g/mol. The lowest BCUT2D eigenvalue weighted by atomic mass is 10.2. The van der Waals surface area contributed by atoms with Crippen LogP contribution in [0.25, 0.3) is 17.2 Å². The van der Waals surface area contributed by atoms with E-state index in [9.17, 15) is 14.4 Å². The Morgan fingerprint density at radius 1 is 1.13 bits per heavy atom. The number of amides is 3. The Morgan fingerprint density at radius 3 is 2.66 bits per heavy atom. The van der Waals surface area contributed by atoms with Crippen molar-refractivity contribution >= 4 is 75.0 Å². The average molecular weight is 573 g/mol. The van der Waals surface area contributed by atoms with E-state index in [1.165, 1.54) is 16.7 Å². The molecule has 2 aromatic carbocycles. The van der Waals surface area contributed by atoms with E-state index in [0.717, 1.165) is 17.3 Å². The summed E-state index contributed by atoms with van der Waals surface area (Å²) in [6.07, 6.45) is 2.21. The van der Waals surface area contributed by atoms with E-state index < -0.39 is 5.91 Å². The number of nitrogens with one attached hydrogen (secondary N) is 2. The average Bonchev–Trinajstić information content (AvgIpc) is 3.46. The molecule has 1 aliphatic heterocycles. The highest BCUT2D eigenvalue weighted by molar-refractivity contribution is 8.26. The number of hydrazine groups is 1. The smallest absolute Gasteiger partial charge is 0.266 e.